The van der Waals surface area contributed by atoms with E-state index < -0.39 is 0 Å². The Labute approximate surface area is 95.6 Å². The Bertz CT molecular complexity index is 344. The van der Waals surface area contributed by atoms with Gasteiger partial charge in [-0.15, -0.1) is 0 Å². The molecule has 15 heavy (non-hydrogen) atoms. The lowest BCUT2D eigenvalue weighted by Gasteiger charge is -2.31. The Morgan fingerprint density at radius 2 is 1.93 bits per heavy atom. The molecule has 1 unspecified atom stereocenters. The average Bonchev–Trinajstić information content (AvgIpc) is 2.10. The molecule has 1 aromatic rings. The maximum atomic E-state index is 13.1. The minimum Gasteiger partial charge on any atom is -0.313 e. The summed E-state index contributed by atoms with van der Waals surface area (Å²) in [4.78, 5) is 0. The van der Waals surface area contributed by atoms with Gasteiger partial charge in [-0.1, -0.05) is 32.4 Å². The van der Waals surface area contributed by atoms with Gasteiger partial charge in [-0.25, -0.2) is 4.39 Å². The molecular weight excluding hydrogens is 213 g/mol. The van der Waals surface area contributed by atoms with Crippen molar-refractivity contribution in [2.45, 2.75) is 26.8 Å². The number of halogens is 2. The van der Waals surface area contributed by atoms with Crippen LogP contribution in [0.1, 0.15) is 32.4 Å². The van der Waals surface area contributed by atoms with Gasteiger partial charge in [-0.2, -0.15) is 0 Å². The Hall–Kier alpha value is -0.600. The molecule has 84 valence electrons. The van der Waals surface area contributed by atoms with Crippen molar-refractivity contribution in [1.29, 1.82) is 0 Å². The standard InChI is InChI=1S/C12H17ClFN/c1-12(2,3)11(15-4)9-7-8(14)5-6-10(9)13/h5-7,11,15H,1-4H3. The van der Waals surface area contributed by atoms with Gasteiger partial charge < -0.3 is 5.32 Å². The molecule has 0 spiro atoms. The molecule has 1 rings (SSSR count). The summed E-state index contributed by atoms with van der Waals surface area (Å²) in [5, 5.41) is 3.78. The van der Waals surface area contributed by atoms with Crippen LogP contribution in [0.2, 0.25) is 5.02 Å². The highest BCUT2D eigenvalue weighted by Gasteiger charge is 2.26. The van der Waals surface area contributed by atoms with Crippen LogP contribution in [0.15, 0.2) is 18.2 Å². The van der Waals surface area contributed by atoms with Crippen molar-refractivity contribution in [3.8, 4) is 0 Å². The van der Waals surface area contributed by atoms with E-state index in [2.05, 4.69) is 26.1 Å². The highest BCUT2D eigenvalue weighted by molar-refractivity contribution is 6.31. The fraction of sp³-hybridized carbons (Fsp3) is 0.500. The van der Waals surface area contributed by atoms with Crippen molar-refractivity contribution >= 4 is 11.6 Å². The number of nitrogens with one attached hydrogen (secondary N) is 1. The van der Waals surface area contributed by atoms with Crippen molar-refractivity contribution in [3.05, 3.63) is 34.6 Å². The summed E-state index contributed by atoms with van der Waals surface area (Å²) in [5.74, 6) is -0.251. The van der Waals surface area contributed by atoms with E-state index in [1.807, 2.05) is 7.05 Å². The first-order valence-electron chi connectivity index (χ1n) is 4.98. The molecule has 1 atom stereocenters. The normalized spacial score (nSPS) is 14.0. The van der Waals surface area contributed by atoms with Crippen molar-refractivity contribution in [3.63, 3.8) is 0 Å². The summed E-state index contributed by atoms with van der Waals surface area (Å²) in [6, 6.07) is 4.51. The van der Waals surface area contributed by atoms with Gasteiger partial charge in [0.25, 0.3) is 0 Å². The number of rotatable bonds is 2. The van der Waals surface area contributed by atoms with Crippen molar-refractivity contribution in [1.82, 2.24) is 5.32 Å². The van der Waals surface area contributed by atoms with Gasteiger partial charge >= 0.3 is 0 Å². The quantitative estimate of drug-likeness (QED) is 0.814. The minimum atomic E-state index is -0.251. The second-order valence-electron chi connectivity index (χ2n) is 4.75. The fourth-order valence-corrected chi connectivity index (χ4v) is 2.02. The summed E-state index contributed by atoms with van der Waals surface area (Å²) in [6.07, 6.45) is 0. The van der Waals surface area contributed by atoms with Gasteiger partial charge in [0, 0.05) is 11.1 Å². The second kappa shape index (κ2) is 4.50. The SMILES string of the molecule is CNC(c1cc(F)ccc1Cl)C(C)(C)C. The first-order chi connectivity index (χ1) is 6.86. The van der Waals surface area contributed by atoms with Gasteiger partial charge in [0.15, 0.2) is 0 Å². The Morgan fingerprint density at radius 3 is 2.40 bits per heavy atom. The van der Waals surface area contributed by atoms with Crippen molar-refractivity contribution < 1.29 is 4.39 Å². The van der Waals surface area contributed by atoms with E-state index in [0.29, 0.717) is 5.02 Å². The molecule has 1 aromatic carbocycles. The maximum absolute atomic E-state index is 13.1. The van der Waals surface area contributed by atoms with Crippen LogP contribution in [0.3, 0.4) is 0 Å². The number of hydrogen-bond donors (Lipinski definition) is 1. The maximum Gasteiger partial charge on any atom is 0.123 e. The number of hydrogen-bond acceptors (Lipinski definition) is 1. The van der Waals surface area contributed by atoms with Crippen LogP contribution >= 0.6 is 11.6 Å². The minimum absolute atomic E-state index is 0.00775. The highest BCUT2D eigenvalue weighted by Crippen LogP contribution is 2.36. The monoisotopic (exact) mass is 229 g/mol. The van der Waals surface area contributed by atoms with Crippen LogP contribution in [0, 0.1) is 11.2 Å². The molecule has 0 saturated heterocycles. The molecule has 0 fully saturated rings. The van der Waals surface area contributed by atoms with Gasteiger partial charge in [-0.3, -0.25) is 0 Å². The Kier molecular flexibility index (Phi) is 3.74. The Morgan fingerprint density at radius 1 is 1.33 bits per heavy atom. The third-order valence-electron chi connectivity index (χ3n) is 2.42. The predicted octanol–water partition coefficient (Wildman–Crippen LogP) is 3.79. The molecule has 3 heteroatoms. The summed E-state index contributed by atoms with van der Waals surface area (Å²) in [5.41, 5.74) is 0.804. The first-order valence-corrected chi connectivity index (χ1v) is 5.36. The summed E-state index contributed by atoms with van der Waals surface area (Å²) < 4.78 is 13.1. The molecule has 1 nitrogen and oxygen atoms in total. The molecular formula is C12H17ClFN. The van der Waals surface area contributed by atoms with Crippen LogP contribution < -0.4 is 5.32 Å². The van der Waals surface area contributed by atoms with Crippen LogP contribution in [-0.2, 0) is 0 Å². The average molecular weight is 230 g/mol. The molecule has 0 amide bonds. The predicted molar refractivity (Wildman–Crippen MR) is 62.7 cm³/mol. The zero-order valence-corrected chi connectivity index (χ0v) is 10.3. The van der Waals surface area contributed by atoms with Gasteiger partial charge in [0.05, 0.1) is 0 Å². The second-order valence-corrected chi connectivity index (χ2v) is 5.16. The molecule has 1 N–H and O–H groups in total. The van der Waals surface area contributed by atoms with Crippen LogP contribution in [0.25, 0.3) is 0 Å². The van der Waals surface area contributed by atoms with E-state index in [1.165, 1.54) is 12.1 Å². The summed E-state index contributed by atoms with van der Waals surface area (Å²) >= 11 is 6.07. The zero-order valence-electron chi connectivity index (χ0n) is 9.57. The summed E-state index contributed by atoms with van der Waals surface area (Å²) in [6.45, 7) is 6.28. The molecule has 0 aliphatic heterocycles. The molecule has 0 heterocycles. The molecule has 0 radical (unpaired) electrons. The molecule has 0 bridgehead atoms. The van der Waals surface area contributed by atoms with Crippen LogP contribution in [0.5, 0.6) is 0 Å². The lowest BCUT2D eigenvalue weighted by Crippen LogP contribution is -2.29. The molecule has 0 aromatic heterocycles. The third kappa shape index (κ3) is 2.93. The first kappa shape index (κ1) is 12.5. The lowest BCUT2D eigenvalue weighted by atomic mass is 9.82. The Balaban J connectivity index is 3.18. The molecule has 0 saturated carbocycles. The number of benzene rings is 1. The zero-order chi connectivity index (χ0) is 11.6. The van der Waals surface area contributed by atoms with E-state index in [4.69, 9.17) is 11.6 Å². The van der Waals surface area contributed by atoms with E-state index in [-0.39, 0.29) is 17.3 Å². The van der Waals surface area contributed by atoms with E-state index in [0.717, 1.165) is 5.56 Å². The fourth-order valence-electron chi connectivity index (χ4n) is 1.79. The molecule has 0 aliphatic rings. The lowest BCUT2D eigenvalue weighted by molar-refractivity contribution is 0.286. The van der Waals surface area contributed by atoms with Crippen molar-refractivity contribution in [2.75, 3.05) is 7.05 Å². The van der Waals surface area contributed by atoms with Gasteiger partial charge in [0.2, 0.25) is 0 Å². The third-order valence-corrected chi connectivity index (χ3v) is 2.77. The van der Waals surface area contributed by atoms with E-state index in [1.54, 1.807) is 6.07 Å². The van der Waals surface area contributed by atoms with Gasteiger partial charge in [-0.05, 0) is 36.2 Å². The van der Waals surface area contributed by atoms with E-state index >= 15 is 0 Å². The summed E-state index contributed by atoms with van der Waals surface area (Å²) in [7, 11) is 1.86. The topological polar surface area (TPSA) is 12.0 Å². The van der Waals surface area contributed by atoms with Gasteiger partial charge in [0.1, 0.15) is 5.82 Å². The van der Waals surface area contributed by atoms with Crippen LogP contribution in [-0.4, -0.2) is 7.05 Å². The van der Waals surface area contributed by atoms with Crippen LogP contribution in [0.4, 0.5) is 4.39 Å². The largest absolute Gasteiger partial charge is 0.313 e. The van der Waals surface area contributed by atoms with Crippen molar-refractivity contribution in [2.24, 2.45) is 5.41 Å². The molecule has 0 aliphatic carbocycles. The van der Waals surface area contributed by atoms with E-state index in [9.17, 15) is 4.39 Å². The highest BCUT2D eigenvalue weighted by atomic mass is 35.5. The smallest absolute Gasteiger partial charge is 0.123 e.